The monoisotopic (exact) mass is 378 g/mol. The maximum Gasteiger partial charge on any atom is 0.339 e. The Hall–Kier alpha value is -2.05. The van der Waals surface area contributed by atoms with Crippen molar-refractivity contribution in [1.82, 2.24) is 5.32 Å². The van der Waals surface area contributed by atoms with Crippen LogP contribution in [-0.4, -0.2) is 18.2 Å². The summed E-state index contributed by atoms with van der Waals surface area (Å²) < 4.78 is 10.4. The Balaban J connectivity index is 1.75. The zero-order valence-corrected chi connectivity index (χ0v) is 15.4. The van der Waals surface area contributed by atoms with E-state index < -0.39 is 5.97 Å². The minimum atomic E-state index is -0.490. The Morgan fingerprint density at radius 2 is 2.08 bits per heavy atom. The number of methoxy groups -OCH3 is 1. The number of furan rings is 1. The standard InChI is InChI=1S/C18H19ClN2O3S/c1-23-16(22)13-11-12(6-7-14(13)19)20-17(25)21-18(8-2-3-9-18)15-5-4-10-24-15/h4-7,10-11H,2-3,8-9H2,1H3,(H2,20,21,25). The van der Waals surface area contributed by atoms with E-state index in [0.29, 0.717) is 21.4 Å². The molecule has 2 aromatic rings. The van der Waals surface area contributed by atoms with Crippen molar-refractivity contribution in [1.29, 1.82) is 0 Å². The van der Waals surface area contributed by atoms with Gasteiger partial charge >= 0.3 is 5.97 Å². The molecular formula is C18H19ClN2O3S. The quantitative estimate of drug-likeness (QED) is 0.604. The van der Waals surface area contributed by atoms with E-state index in [1.165, 1.54) is 7.11 Å². The normalized spacial score (nSPS) is 15.6. The molecule has 5 nitrogen and oxygen atoms in total. The number of benzene rings is 1. The van der Waals surface area contributed by atoms with E-state index in [1.807, 2.05) is 12.1 Å². The lowest BCUT2D eigenvalue weighted by molar-refractivity contribution is 0.0601. The van der Waals surface area contributed by atoms with E-state index in [2.05, 4.69) is 10.6 Å². The third-order valence-electron chi connectivity index (χ3n) is 4.43. The number of rotatable bonds is 4. The van der Waals surface area contributed by atoms with Crippen molar-refractivity contribution in [3.05, 3.63) is 52.9 Å². The fourth-order valence-corrected chi connectivity index (χ4v) is 3.72. The maximum atomic E-state index is 11.8. The largest absolute Gasteiger partial charge is 0.467 e. The highest BCUT2D eigenvalue weighted by Gasteiger charge is 2.38. The number of thiocarbonyl (C=S) groups is 1. The first-order valence-corrected chi connectivity index (χ1v) is 8.84. The first kappa shape index (κ1) is 17.8. The lowest BCUT2D eigenvalue weighted by Crippen LogP contribution is -2.45. The fourth-order valence-electron chi connectivity index (χ4n) is 3.21. The SMILES string of the molecule is COC(=O)c1cc(NC(=S)NC2(c3ccco3)CCCC2)ccc1Cl. The van der Waals surface area contributed by atoms with Gasteiger partial charge in [-0.2, -0.15) is 0 Å². The van der Waals surface area contributed by atoms with Gasteiger partial charge < -0.3 is 19.8 Å². The van der Waals surface area contributed by atoms with Crippen LogP contribution in [0.5, 0.6) is 0 Å². The van der Waals surface area contributed by atoms with E-state index in [9.17, 15) is 4.79 Å². The summed E-state index contributed by atoms with van der Waals surface area (Å²) in [6, 6.07) is 8.87. The van der Waals surface area contributed by atoms with Gasteiger partial charge in [-0.1, -0.05) is 24.4 Å². The number of carbonyl (C=O) groups is 1. The van der Waals surface area contributed by atoms with Gasteiger partial charge in [0.2, 0.25) is 0 Å². The third kappa shape index (κ3) is 3.80. The van der Waals surface area contributed by atoms with Gasteiger partial charge in [0.1, 0.15) is 5.76 Å². The molecule has 0 amide bonds. The first-order chi connectivity index (χ1) is 12.0. The molecule has 1 saturated carbocycles. The van der Waals surface area contributed by atoms with Gasteiger partial charge in [-0.05, 0) is 55.4 Å². The number of hydrogen-bond donors (Lipinski definition) is 2. The Morgan fingerprint density at radius 1 is 1.32 bits per heavy atom. The molecule has 1 fully saturated rings. The minimum absolute atomic E-state index is 0.287. The minimum Gasteiger partial charge on any atom is -0.467 e. The van der Waals surface area contributed by atoms with Crippen LogP contribution in [0.4, 0.5) is 5.69 Å². The zero-order chi connectivity index (χ0) is 17.9. The summed E-state index contributed by atoms with van der Waals surface area (Å²) in [5.74, 6) is 0.399. The van der Waals surface area contributed by atoms with Crippen LogP contribution < -0.4 is 10.6 Å². The number of nitrogens with one attached hydrogen (secondary N) is 2. The second-order valence-corrected chi connectivity index (χ2v) is 6.85. The highest BCUT2D eigenvalue weighted by Crippen LogP contribution is 2.39. The Labute approximate surface area is 156 Å². The Morgan fingerprint density at radius 3 is 2.72 bits per heavy atom. The van der Waals surface area contributed by atoms with E-state index >= 15 is 0 Å². The van der Waals surface area contributed by atoms with Gasteiger partial charge in [0.05, 0.1) is 29.5 Å². The number of anilines is 1. The molecular weight excluding hydrogens is 360 g/mol. The topological polar surface area (TPSA) is 63.5 Å². The highest BCUT2D eigenvalue weighted by molar-refractivity contribution is 7.80. The predicted molar refractivity (Wildman–Crippen MR) is 101 cm³/mol. The summed E-state index contributed by atoms with van der Waals surface area (Å²) in [4.78, 5) is 11.8. The van der Waals surface area contributed by atoms with Crippen molar-refractivity contribution in [3.8, 4) is 0 Å². The molecule has 7 heteroatoms. The molecule has 1 heterocycles. The molecule has 1 aliphatic carbocycles. The highest BCUT2D eigenvalue weighted by atomic mass is 35.5. The summed E-state index contributed by atoms with van der Waals surface area (Å²) in [6.07, 6.45) is 5.82. The van der Waals surface area contributed by atoms with Crippen LogP contribution in [0.1, 0.15) is 41.8 Å². The van der Waals surface area contributed by atoms with Crippen molar-refractivity contribution < 1.29 is 13.9 Å². The van der Waals surface area contributed by atoms with Crippen LogP contribution in [0.3, 0.4) is 0 Å². The average Bonchev–Trinajstić information content (AvgIpc) is 3.28. The molecule has 0 radical (unpaired) electrons. The van der Waals surface area contributed by atoms with Gasteiger partial charge in [0.25, 0.3) is 0 Å². The van der Waals surface area contributed by atoms with Crippen molar-refractivity contribution >= 4 is 40.6 Å². The van der Waals surface area contributed by atoms with Crippen LogP contribution in [-0.2, 0) is 10.3 Å². The number of ether oxygens (including phenoxy) is 1. The fraction of sp³-hybridized carbons (Fsp3) is 0.333. The van der Waals surface area contributed by atoms with Crippen molar-refractivity contribution in [2.45, 2.75) is 31.2 Å². The van der Waals surface area contributed by atoms with E-state index in [4.69, 9.17) is 33.0 Å². The van der Waals surface area contributed by atoms with Crippen LogP contribution in [0.15, 0.2) is 41.0 Å². The zero-order valence-electron chi connectivity index (χ0n) is 13.8. The summed E-state index contributed by atoms with van der Waals surface area (Å²) in [6.45, 7) is 0. The summed E-state index contributed by atoms with van der Waals surface area (Å²) in [7, 11) is 1.32. The summed E-state index contributed by atoms with van der Waals surface area (Å²) in [5, 5.41) is 7.31. The summed E-state index contributed by atoms with van der Waals surface area (Å²) in [5.41, 5.74) is 0.666. The van der Waals surface area contributed by atoms with Gasteiger partial charge in [0, 0.05) is 5.69 Å². The summed E-state index contributed by atoms with van der Waals surface area (Å²) >= 11 is 11.5. The van der Waals surface area contributed by atoms with Crippen LogP contribution in [0.25, 0.3) is 0 Å². The number of halogens is 1. The van der Waals surface area contributed by atoms with Crippen molar-refractivity contribution in [3.63, 3.8) is 0 Å². The van der Waals surface area contributed by atoms with Gasteiger partial charge in [0.15, 0.2) is 5.11 Å². The number of hydrogen-bond acceptors (Lipinski definition) is 4. The van der Waals surface area contributed by atoms with Gasteiger partial charge in [-0.15, -0.1) is 0 Å². The van der Waals surface area contributed by atoms with Crippen LogP contribution in [0, 0.1) is 0 Å². The van der Waals surface area contributed by atoms with E-state index in [0.717, 1.165) is 31.4 Å². The predicted octanol–water partition coefficient (Wildman–Crippen LogP) is 4.48. The Kier molecular flexibility index (Phi) is 5.30. The number of carbonyl (C=O) groups excluding carboxylic acids is 1. The average molecular weight is 379 g/mol. The molecule has 25 heavy (non-hydrogen) atoms. The smallest absolute Gasteiger partial charge is 0.339 e. The lowest BCUT2D eigenvalue weighted by Gasteiger charge is -2.29. The van der Waals surface area contributed by atoms with E-state index in [-0.39, 0.29) is 5.54 Å². The molecule has 1 aliphatic rings. The molecule has 0 spiro atoms. The molecule has 0 unspecified atom stereocenters. The van der Waals surface area contributed by atoms with Crippen molar-refractivity contribution in [2.75, 3.05) is 12.4 Å². The second kappa shape index (κ2) is 7.45. The first-order valence-electron chi connectivity index (χ1n) is 8.05. The van der Waals surface area contributed by atoms with Crippen LogP contribution in [0.2, 0.25) is 5.02 Å². The van der Waals surface area contributed by atoms with Crippen molar-refractivity contribution in [2.24, 2.45) is 0 Å². The molecule has 3 rings (SSSR count). The molecule has 132 valence electrons. The molecule has 0 atom stereocenters. The molecule has 2 N–H and O–H groups in total. The van der Waals surface area contributed by atoms with Gasteiger partial charge in [-0.3, -0.25) is 0 Å². The molecule has 0 bridgehead atoms. The second-order valence-electron chi connectivity index (χ2n) is 6.03. The Bertz CT molecular complexity index is 771. The molecule has 0 saturated heterocycles. The molecule has 1 aromatic heterocycles. The molecule has 1 aromatic carbocycles. The van der Waals surface area contributed by atoms with Gasteiger partial charge in [-0.25, -0.2) is 4.79 Å². The van der Waals surface area contributed by atoms with E-state index in [1.54, 1.807) is 24.5 Å². The third-order valence-corrected chi connectivity index (χ3v) is 4.97. The molecule has 0 aliphatic heterocycles. The lowest BCUT2D eigenvalue weighted by atomic mass is 9.94. The number of esters is 1. The van der Waals surface area contributed by atoms with Crippen LogP contribution >= 0.6 is 23.8 Å². The maximum absolute atomic E-state index is 11.8.